The van der Waals surface area contributed by atoms with E-state index in [9.17, 15) is 9.59 Å². The molecule has 4 rings (SSSR count). The molecule has 2 N–H and O–H groups in total. The number of hydrogen-bond donors (Lipinski definition) is 2. The fourth-order valence-corrected chi connectivity index (χ4v) is 4.00. The number of hydrogen-bond acceptors (Lipinski definition) is 4. The third-order valence-corrected chi connectivity index (χ3v) is 5.17. The van der Waals surface area contributed by atoms with Crippen molar-refractivity contribution < 1.29 is 9.59 Å². The number of benzene rings is 1. The Hall–Kier alpha value is -3.19. The van der Waals surface area contributed by atoms with E-state index < -0.39 is 0 Å². The Morgan fingerprint density at radius 2 is 2.00 bits per heavy atom. The van der Waals surface area contributed by atoms with Crippen LogP contribution in [0.15, 0.2) is 48.0 Å². The molecule has 0 fully saturated rings. The van der Waals surface area contributed by atoms with Crippen molar-refractivity contribution in [3.8, 4) is 11.4 Å². The topological polar surface area (TPSA) is 78.1 Å². The van der Waals surface area contributed by atoms with Gasteiger partial charge in [0.05, 0.1) is 11.4 Å². The van der Waals surface area contributed by atoms with Gasteiger partial charge in [-0.1, -0.05) is 24.3 Å². The van der Waals surface area contributed by atoms with Gasteiger partial charge >= 0.3 is 0 Å². The summed E-state index contributed by atoms with van der Waals surface area (Å²) in [5, 5.41) is 5.14. The fourth-order valence-electron chi connectivity index (χ4n) is 3.24. The number of aromatic nitrogens is 2. The summed E-state index contributed by atoms with van der Waals surface area (Å²) in [4.78, 5) is 32.9. The maximum Gasteiger partial charge on any atom is 0.224 e. The molecule has 1 aliphatic heterocycles. The zero-order valence-corrected chi connectivity index (χ0v) is 15.7. The van der Waals surface area contributed by atoms with Crippen molar-refractivity contribution in [3.63, 3.8) is 0 Å². The average Bonchev–Trinajstić information content (AvgIpc) is 3.29. The molecule has 0 aliphatic carbocycles. The second-order valence-electron chi connectivity index (χ2n) is 6.32. The highest BCUT2D eigenvalue weighted by Gasteiger charge is 2.28. The Bertz CT molecular complexity index is 1050. The van der Waals surface area contributed by atoms with E-state index >= 15 is 0 Å². The van der Waals surface area contributed by atoms with E-state index in [0.29, 0.717) is 5.13 Å². The largest absolute Gasteiger partial charge is 0.355 e. The summed E-state index contributed by atoms with van der Waals surface area (Å²) in [6, 6.07) is 11.8. The predicted molar refractivity (Wildman–Crippen MR) is 106 cm³/mol. The number of amides is 2. The summed E-state index contributed by atoms with van der Waals surface area (Å²) < 4.78 is 0. The molecule has 0 saturated heterocycles. The molecule has 0 bridgehead atoms. The first-order valence-corrected chi connectivity index (χ1v) is 9.39. The van der Waals surface area contributed by atoms with Crippen molar-refractivity contribution >= 4 is 34.4 Å². The Labute approximate surface area is 160 Å². The van der Waals surface area contributed by atoms with Gasteiger partial charge in [0.25, 0.3) is 0 Å². The lowest BCUT2D eigenvalue weighted by molar-refractivity contribution is -0.127. The zero-order valence-electron chi connectivity index (χ0n) is 14.9. The number of carbonyl (C=O) groups excluding carboxylic acids is 2. The summed E-state index contributed by atoms with van der Waals surface area (Å²) in [6.45, 7) is 3.02. The van der Waals surface area contributed by atoms with Crippen LogP contribution in [0.5, 0.6) is 0 Å². The first-order valence-electron chi connectivity index (χ1n) is 8.51. The van der Waals surface area contributed by atoms with Gasteiger partial charge in [0, 0.05) is 31.1 Å². The number of fused-ring (bicyclic) bond motifs is 1. The number of thiazole rings is 1. The molecule has 136 valence electrons. The summed E-state index contributed by atoms with van der Waals surface area (Å²) in [5.74, 6) is -0.172. The van der Waals surface area contributed by atoms with Crippen LogP contribution in [-0.2, 0) is 9.59 Å². The van der Waals surface area contributed by atoms with Gasteiger partial charge in [-0.2, -0.15) is 0 Å². The molecule has 7 heteroatoms. The molecule has 1 atom stereocenters. The Morgan fingerprint density at radius 3 is 2.78 bits per heavy atom. The smallest absolute Gasteiger partial charge is 0.224 e. The summed E-state index contributed by atoms with van der Waals surface area (Å²) in [6.07, 6.45) is 3.78. The van der Waals surface area contributed by atoms with Gasteiger partial charge < -0.3 is 15.2 Å². The molecule has 0 radical (unpaired) electrons. The van der Waals surface area contributed by atoms with Crippen molar-refractivity contribution in [2.45, 2.75) is 19.9 Å². The van der Waals surface area contributed by atoms with Gasteiger partial charge in [-0.3, -0.25) is 9.59 Å². The molecule has 1 unspecified atom stereocenters. The molecular weight excluding hydrogens is 360 g/mol. The molecule has 0 saturated carbocycles. The maximum absolute atomic E-state index is 12.2. The maximum atomic E-state index is 12.2. The van der Waals surface area contributed by atoms with Gasteiger partial charge in [-0.05, 0) is 29.3 Å². The first-order chi connectivity index (χ1) is 13.0. The van der Waals surface area contributed by atoms with E-state index in [1.807, 2.05) is 54.1 Å². The van der Waals surface area contributed by atoms with Gasteiger partial charge in [0.2, 0.25) is 11.8 Å². The molecule has 2 amide bonds. The quantitative estimate of drug-likeness (QED) is 0.723. The standard InChI is InChI=1S/C20H18N4O2S/c1-12(25)21-20-23-18(11-27-20)16-7-8-17(22-16)19-15-6-4-3-5-14(15)9-10-24(19)13(2)26/h3-11,19,22H,1-2H3,(H,21,23,25). The highest BCUT2D eigenvalue weighted by molar-refractivity contribution is 7.14. The molecule has 0 spiro atoms. The molecule has 3 heterocycles. The van der Waals surface area contributed by atoms with Crippen LogP contribution >= 0.6 is 11.3 Å². The van der Waals surface area contributed by atoms with E-state index in [1.54, 1.807) is 11.8 Å². The molecule has 1 aromatic carbocycles. The van der Waals surface area contributed by atoms with Crippen molar-refractivity contribution in [2.75, 3.05) is 5.32 Å². The van der Waals surface area contributed by atoms with E-state index in [0.717, 1.165) is 28.2 Å². The van der Waals surface area contributed by atoms with Gasteiger partial charge in [0.1, 0.15) is 6.04 Å². The average molecular weight is 378 g/mol. The highest BCUT2D eigenvalue weighted by atomic mass is 32.1. The minimum Gasteiger partial charge on any atom is -0.355 e. The highest BCUT2D eigenvalue weighted by Crippen LogP contribution is 2.36. The van der Waals surface area contributed by atoms with Crippen LogP contribution in [0.25, 0.3) is 17.5 Å². The van der Waals surface area contributed by atoms with Crippen molar-refractivity contribution in [3.05, 3.63) is 64.8 Å². The van der Waals surface area contributed by atoms with Gasteiger partial charge in [-0.15, -0.1) is 11.3 Å². The monoisotopic (exact) mass is 378 g/mol. The van der Waals surface area contributed by atoms with Crippen LogP contribution in [0.1, 0.15) is 36.7 Å². The normalized spacial score (nSPS) is 15.5. The summed E-state index contributed by atoms with van der Waals surface area (Å²) in [7, 11) is 0. The molecule has 1 aliphatic rings. The molecule has 2 aromatic heterocycles. The summed E-state index contributed by atoms with van der Waals surface area (Å²) >= 11 is 1.37. The molecule has 6 nitrogen and oxygen atoms in total. The minimum atomic E-state index is -0.217. The van der Waals surface area contributed by atoms with Crippen molar-refractivity contribution in [1.82, 2.24) is 14.9 Å². The third-order valence-electron chi connectivity index (χ3n) is 4.41. The Balaban J connectivity index is 1.71. The van der Waals surface area contributed by atoms with Gasteiger partial charge in [0.15, 0.2) is 5.13 Å². The molecule has 3 aromatic rings. The SMILES string of the molecule is CC(=O)Nc1nc(-c2ccc(C3c4ccccc4C=CN3C(C)=O)[nH]2)cs1. The lowest BCUT2D eigenvalue weighted by Gasteiger charge is -2.32. The van der Waals surface area contributed by atoms with E-state index in [2.05, 4.69) is 15.3 Å². The first kappa shape index (κ1) is 17.2. The van der Waals surface area contributed by atoms with Crippen LogP contribution in [-0.4, -0.2) is 26.7 Å². The minimum absolute atomic E-state index is 0.0245. The van der Waals surface area contributed by atoms with E-state index in [4.69, 9.17) is 0 Å². The van der Waals surface area contributed by atoms with Gasteiger partial charge in [-0.25, -0.2) is 4.98 Å². The van der Waals surface area contributed by atoms with Crippen molar-refractivity contribution in [2.24, 2.45) is 0 Å². The van der Waals surface area contributed by atoms with Crippen LogP contribution in [0, 0.1) is 0 Å². The number of carbonyl (C=O) groups is 2. The van der Waals surface area contributed by atoms with Crippen molar-refractivity contribution in [1.29, 1.82) is 0 Å². The van der Waals surface area contributed by atoms with Crippen LogP contribution in [0.2, 0.25) is 0 Å². The summed E-state index contributed by atoms with van der Waals surface area (Å²) in [5.41, 5.74) is 4.67. The number of rotatable bonds is 3. The second kappa shape index (κ2) is 6.85. The number of nitrogens with one attached hydrogen (secondary N) is 2. The lowest BCUT2D eigenvalue weighted by Crippen LogP contribution is -2.31. The van der Waals surface area contributed by atoms with E-state index in [-0.39, 0.29) is 17.9 Å². The third kappa shape index (κ3) is 3.29. The van der Waals surface area contributed by atoms with Crippen LogP contribution < -0.4 is 5.32 Å². The second-order valence-corrected chi connectivity index (χ2v) is 7.18. The fraction of sp³-hybridized carbons (Fsp3) is 0.150. The molecular formula is C20H18N4O2S. The predicted octanol–water partition coefficient (Wildman–Crippen LogP) is 4.02. The Kier molecular flexibility index (Phi) is 4.37. The lowest BCUT2D eigenvalue weighted by atomic mass is 9.94. The number of nitrogens with zero attached hydrogens (tertiary/aromatic N) is 2. The number of anilines is 1. The molecule has 27 heavy (non-hydrogen) atoms. The van der Waals surface area contributed by atoms with Crippen LogP contribution in [0.3, 0.4) is 0 Å². The van der Waals surface area contributed by atoms with Crippen LogP contribution in [0.4, 0.5) is 5.13 Å². The van der Waals surface area contributed by atoms with E-state index in [1.165, 1.54) is 18.3 Å². The Morgan fingerprint density at radius 1 is 1.19 bits per heavy atom. The number of aromatic amines is 1. The zero-order chi connectivity index (χ0) is 19.0. The number of H-pyrrole nitrogens is 1.